The van der Waals surface area contributed by atoms with Gasteiger partial charge in [-0.15, -0.1) is 0 Å². The van der Waals surface area contributed by atoms with Gasteiger partial charge in [-0.2, -0.15) is 5.10 Å². The molecular formula is C15H21N3O2. The molecule has 0 unspecified atom stereocenters. The first-order chi connectivity index (χ1) is 9.83. The molecule has 0 saturated heterocycles. The average Bonchev–Trinajstić information content (AvgIpc) is 2.99. The molecule has 0 saturated carbocycles. The molecule has 2 aromatic rings. The molecule has 5 nitrogen and oxygen atoms in total. The third-order valence-corrected chi connectivity index (χ3v) is 2.98. The Hall–Kier alpha value is -2.01. The maximum Gasteiger partial charge on any atom is 0.127 e. The molecule has 0 bridgehead atoms. The zero-order chi connectivity index (χ0) is 14.2. The first kappa shape index (κ1) is 14.4. The second-order valence-corrected chi connectivity index (χ2v) is 4.37. The van der Waals surface area contributed by atoms with Crippen molar-refractivity contribution in [3.8, 4) is 11.5 Å². The molecule has 1 heterocycles. The summed E-state index contributed by atoms with van der Waals surface area (Å²) in [5.74, 6) is 1.66. The van der Waals surface area contributed by atoms with Crippen molar-refractivity contribution in [1.29, 1.82) is 0 Å². The van der Waals surface area contributed by atoms with Crippen LogP contribution in [0.5, 0.6) is 11.5 Å². The fourth-order valence-corrected chi connectivity index (χ4v) is 1.88. The van der Waals surface area contributed by atoms with Crippen LogP contribution < -0.4 is 14.8 Å². The minimum atomic E-state index is 0.577. The maximum absolute atomic E-state index is 5.87. The normalized spacial score (nSPS) is 10.5. The molecular weight excluding hydrogens is 254 g/mol. The minimum absolute atomic E-state index is 0.577. The monoisotopic (exact) mass is 275 g/mol. The van der Waals surface area contributed by atoms with Crippen molar-refractivity contribution in [3.05, 3.63) is 42.2 Å². The highest BCUT2D eigenvalue weighted by Crippen LogP contribution is 2.24. The highest BCUT2D eigenvalue weighted by Gasteiger charge is 2.06. The van der Waals surface area contributed by atoms with Gasteiger partial charge in [-0.1, -0.05) is 13.0 Å². The number of ether oxygens (including phenoxy) is 2. The molecule has 0 aliphatic rings. The van der Waals surface area contributed by atoms with Crippen LogP contribution in [-0.2, 0) is 13.1 Å². The first-order valence-electron chi connectivity index (χ1n) is 6.81. The second-order valence-electron chi connectivity index (χ2n) is 4.37. The van der Waals surface area contributed by atoms with Gasteiger partial charge < -0.3 is 14.8 Å². The van der Waals surface area contributed by atoms with Crippen molar-refractivity contribution in [3.63, 3.8) is 0 Å². The Labute approximate surface area is 119 Å². The Morgan fingerprint density at radius 1 is 1.35 bits per heavy atom. The molecule has 2 rings (SSSR count). The number of nitrogens with zero attached hydrogens (tertiary/aromatic N) is 2. The van der Waals surface area contributed by atoms with Crippen LogP contribution in [0.3, 0.4) is 0 Å². The van der Waals surface area contributed by atoms with E-state index in [2.05, 4.69) is 17.3 Å². The molecule has 5 heteroatoms. The van der Waals surface area contributed by atoms with E-state index in [1.807, 2.05) is 35.1 Å². The summed E-state index contributed by atoms with van der Waals surface area (Å²) in [5, 5.41) is 7.46. The average molecular weight is 275 g/mol. The van der Waals surface area contributed by atoms with Gasteiger partial charge in [0.15, 0.2) is 0 Å². The first-order valence-corrected chi connectivity index (χ1v) is 6.81. The van der Waals surface area contributed by atoms with Crippen LogP contribution >= 0.6 is 0 Å². The van der Waals surface area contributed by atoms with Gasteiger partial charge in [-0.05, 0) is 18.7 Å². The van der Waals surface area contributed by atoms with Crippen molar-refractivity contribution in [1.82, 2.24) is 15.1 Å². The molecule has 20 heavy (non-hydrogen) atoms. The third-order valence-electron chi connectivity index (χ3n) is 2.98. The Morgan fingerprint density at radius 3 is 2.95 bits per heavy atom. The fraction of sp³-hybridized carbons (Fsp3) is 0.400. The number of hydrogen-bond donors (Lipinski definition) is 1. The van der Waals surface area contributed by atoms with Crippen LogP contribution in [0.4, 0.5) is 0 Å². The maximum atomic E-state index is 5.87. The van der Waals surface area contributed by atoms with Gasteiger partial charge in [0.1, 0.15) is 18.1 Å². The van der Waals surface area contributed by atoms with Gasteiger partial charge in [0, 0.05) is 30.6 Å². The van der Waals surface area contributed by atoms with E-state index in [0.29, 0.717) is 6.61 Å². The van der Waals surface area contributed by atoms with E-state index in [1.54, 1.807) is 13.3 Å². The molecule has 0 atom stereocenters. The summed E-state index contributed by atoms with van der Waals surface area (Å²) in [5.41, 5.74) is 1.13. The van der Waals surface area contributed by atoms with Crippen LogP contribution in [0.15, 0.2) is 36.7 Å². The molecule has 1 aromatic carbocycles. The van der Waals surface area contributed by atoms with E-state index in [0.717, 1.165) is 36.7 Å². The van der Waals surface area contributed by atoms with E-state index >= 15 is 0 Å². The van der Waals surface area contributed by atoms with Gasteiger partial charge in [0.2, 0.25) is 0 Å². The topological polar surface area (TPSA) is 48.3 Å². The summed E-state index contributed by atoms with van der Waals surface area (Å²) in [6, 6.07) is 7.82. The van der Waals surface area contributed by atoms with Gasteiger partial charge in [0.05, 0.1) is 13.7 Å². The van der Waals surface area contributed by atoms with Crippen molar-refractivity contribution >= 4 is 0 Å². The lowest BCUT2D eigenvalue weighted by Crippen LogP contribution is -2.14. The van der Waals surface area contributed by atoms with Crippen LogP contribution in [0.1, 0.15) is 12.5 Å². The van der Waals surface area contributed by atoms with Crippen LogP contribution in [0, 0.1) is 0 Å². The van der Waals surface area contributed by atoms with Crippen LogP contribution in [0.25, 0.3) is 0 Å². The molecule has 108 valence electrons. The summed E-state index contributed by atoms with van der Waals surface area (Å²) in [4.78, 5) is 0. The molecule has 0 fully saturated rings. The van der Waals surface area contributed by atoms with E-state index in [-0.39, 0.29) is 0 Å². The van der Waals surface area contributed by atoms with E-state index in [4.69, 9.17) is 9.47 Å². The molecule has 0 aliphatic carbocycles. The number of rotatable bonds is 8. The second kappa shape index (κ2) is 7.55. The van der Waals surface area contributed by atoms with Crippen LogP contribution in [-0.4, -0.2) is 30.0 Å². The lowest BCUT2D eigenvalue weighted by molar-refractivity contribution is 0.286. The number of methoxy groups -OCH3 is 1. The standard InChI is InChI=1S/C15H21N3O2/c1-3-16-12-13-5-6-14(19-2)11-15(13)20-10-9-18-8-4-7-17-18/h4-8,11,16H,3,9-10,12H2,1-2H3. The molecule has 0 spiro atoms. The van der Waals surface area contributed by atoms with Gasteiger partial charge in [0.25, 0.3) is 0 Å². The fourth-order valence-electron chi connectivity index (χ4n) is 1.88. The van der Waals surface area contributed by atoms with E-state index in [1.165, 1.54) is 0 Å². The molecule has 0 aliphatic heterocycles. The largest absolute Gasteiger partial charge is 0.497 e. The summed E-state index contributed by atoms with van der Waals surface area (Å²) < 4.78 is 13.0. The zero-order valence-electron chi connectivity index (χ0n) is 12.0. The van der Waals surface area contributed by atoms with Crippen LogP contribution in [0.2, 0.25) is 0 Å². The molecule has 0 amide bonds. The SMILES string of the molecule is CCNCc1ccc(OC)cc1OCCn1cccn1. The Morgan fingerprint density at radius 2 is 2.25 bits per heavy atom. The lowest BCUT2D eigenvalue weighted by Gasteiger charge is -2.13. The molecule has 0 radical (unpaired) electrons. The zero-order valence-corrected chi connectivity index (χ0v) is 12.0. The molecule has 1 aromatic heterocycles. The summed E-state index contributed by atoms with van der Waals surface area (Å²) in [7, 11) is 1.66. The minimum Gasteiger partial charge on any atom is -0.497 e. The predicted molar refractivity (Wildman–Crippen MR) is 78.1 cm³/mol. The van der Waals surface area contributed by atoms with Crippen molar-refractivity contribution < 1.29 is 9.47 Å². The number of nitrogens with one attached hydrogen (secondary N) is 1. The summed E-state index contributed by atoms with van der Waals surface area (Å²) in [6.07, 6.45) is 3.69. The van der Waals surface area contributed by atoms with E-state index in [9.17, 15) is 0 Å². The van der Waals surface area contributed by atoms with E-state index < -0.39 is 0 Å². The highest BCUT2D eigenvalue weighted by molar-refractivity contribution is 5.40. The van der Waals surface area contributed by atoms with Crippen molar-refractivity contribution in [2.45, 2.75) is 20.0 Å². The van der Waals surface area contributed by atoms with Gasteiger partial charge >= 0.3 is 0 Å². The Balaban J connectivity index is 1.99. The summed E-state index contributed by atoms with van der Waals surface area (Å²) in [6.45, 7) is 5.11. The van der Waals surface area contributed by atoms with Gasteiger partial charge in [-0.25, -0.2) is 0 Å². The van der Waals surface area contributed by atoms with Crippen molar-refractivity contribution in [2.24, 2.45) is 0 Å². The predicted octanol–water partition coefficient (Wildman–Crippen LogP) is 2.08. The third kappa shape index (κ3) is 3.99. The smallest absolute Gasteiger partial charge is 0.127 e. The quantitative estimate of drug-likeness (QED) is 0.801. The lowest BCUT2D eigenvalue weighted by atomic mass is 10.2. The van der Waals surface area contributed by atoms with Crippen molar-refractivity contribution in [2.75, 3.05) is 20.3 Å². The number of benzene rings is 1. The Kier molecular flexibility index (Phi) is 5.43. The van der Waals surface area contributed by atoms with Gasteiger partial charge in [-0.3, -0.25) is 4.68 Å². The number of aromatic nitrogens is 2. The highest BCUT2D eigenvalue weighted by atomic mass is 16.5. The Bertz CT molecular complexity index is 512. The molecule has 1 N–H and O–H groups in total. The number of hydrogen-bond acceptors (Lipinski definition) is 4. The summed E-state index contributed by atoms with van der Waals surface area (Å²) >= 11 is 0.